The molecule has 0 saturated carbocycles. The van der Waals surface area contributed by atoms with E-state index in [9.17, 15) is 4.79 Å². The van der Waals surface area contributed by atoms with E-state index in [2.05, 4.69) is 11.5 Å². The normalized spacial score (nSPS) is 16.9. The number of nitrogens with zero attached hydrogens (tertiary/aromatic N) is 2. The number of nitrogens with two attached hydrogens (primary N) is 1. The van der Waals surface area contributed by atoms with E-state index in [1.165, 1.54) is 0 Å². The fraction of sp³-hybridized carbons (Fsp3) is 0.450. The molecule has 1 unspecified atom stereocenters. The van der Waals surface area contributed by atoms with Gasteiger partial charge in [-0.05, 0) is 69.9 Å². The van der Waals surface area contributed by atoms with Gasteiger partial charge in [0.25, 0.3) is 5.91 Å². The zero-order chi connectivity index (χ0) is 18.1. The highest BCUT2D eigenvalue weighted by molar-refractivity contribution is 6.30. The maximum absolute atomic E-state index is 13.0. The van der Waals surface area contributed by atoms with E-state index in [-0.39, 0.29) is 11.9 Å². The number of rotatable bonds is 3. The molecule has 2 heterocycles. The van der Waals surface area contributed by atoms with Crippen molar-refractivity contribution in [2.45, 2.75) is 39.7 Å². The zero-order valence-corrected chi connectivity index (χ0v) is 15.9. The van der Waals surface area contributed by atoms with Gasteiger partial charge in [0.05, 0.1) is 5.56 Å². The van der Waals surface area contributed by atoms with E-state index in [0.29, 0.717) is 10.9 Å². The number of aromatic nitrogens is 1. The Morgan fingerprint density at radius 2 is 1.80 bits per heavy atom. The molecule has 1 aromatic heterocycles. The van der Waals surface area contributed by atoms with Gasteiger partial charge in [-0.2, -0.15) is 0 Å². The monoisotopic (exact) mass is 359 g/mol. The molecule has 0 aliphatic carbocycles. The molecule has 1 amide bonds. The largest absolute Gasteiger partial charge is 0.339 e. The molecule has 134 valence electrons. The van der Waals surface area contributed by atoms with Gasteiger partial charge in [-0.1, -0.05) is 11.6 Å². The Balaban J connectivity index is 1.83. The predicted molar refractivity (Wildman–Crippen MR) is 103 cm³/mol. The summed E-state index contributed by atoms with van der Waals surface area (Å²) in [5.74, 6) is 0.641. The van der Waals surface area contributed by atoms with Crippen LogP contribution in [0.25, 0.3) is 5.69 Å². The molecule has 1 aliphatic rings. The number of likely N-dealkylation sites (tertiary alicyclic amines) is 1. The van der Waals surface area contributed by atoms with Crippen LogP contribution in [0.2, 0.25) is 5.02 Å². The van der Waals surface area contributed by atoms with Gasteiger partial charge in [-0.15, -0.1) is 0 Å². The molecule has 0 radical (unpaired) electrons. The lowest BCUT2D eigenvalue weighted by atomic mass is 9.90. The second-order valence-corrected chi connectivity index (χ2v) is 7.52. The summed E-state index contributed by atoms with van der Waals surface area (Å²) in [7, 11) is 0. The number of hydrogen-bond donors (Lipinski definition) is 1. The first-order valence-corrected chi connectivity index (χ1v) is 9.26. The van der Waals surface area contributed by atoms with Crippen molar-refractivity contribution in [2.75, 3.05) is 13.1 Å². The molecule has 1 fully saturated rings. The van der Waals surface area contributed by atoms with Crippen LogP contribution >= 0.6 is 11.6 Å². The zero-order valence-electron chi connectivity index (χ0n) is 15.1. The molecule has 25 heavy (non-hydrogen) atoms. The first-order chi connectivity index (χ1) is 11.9. The minimum absolute atomic E-state index is 0.122. The van der Waals surface area contributed by atoms with Crippen molar-refractivity contribution in [3.05, 3.63) is 52.3 Å². The Labute approximate surface area is 154 Å². The third kappa shape index (κ3) is 3.60. The molecule has 5 heteroatoms. The van der Waals surface area contributed by atoms with Crippen LogP contribution in [-0.4, -0.2) is 34.5 Å². The molecule has 1 aliphatic heterocycles. The lowest BCUT2D eigenvalue weighted by Gasteiger charge is -2.33. The molecule has 1 aromatic carbocycles. The maximum atomic E-state index is 13.0. The van der Waals surface area contributed by atoms with Crippen molar-refractivity contribution >= 4 is 17.5 Å². The minimum Gasteiger partial charge on any atom is -0.339 e. The number of hydrogen-bond acceptors (Lipinski definition) is 2. The second kappa shape index (κ2) is 7.22. The summed E-state index contributed by atoms with van der Waals surface area (Å²) in [4.78, 5) is 15.0. The second-order valence-electron chi connectivity index (χ2n) is 7.09. The fourth-order valence-corrected chi connectivity index (χ4v) is 3.89. The first kappa shape index (κ1) is 18.0. The van der Waals surface area contributed by atoms with E-state index in [0.717, 1.165) is 48.6 Å². The lowest BCUT2D eigenvalue weighted by molar-refractivity contribution is 0.0680. The van der Waals surface area contributed by atoms with E-state index >= 15 is 0 Å². The Bertz CT molecular complexity index is 756. The molecule has 2 N–H and O–H groups in total. The first-order valence-electron chi connectivity index (χ1n) is 8.88. The van der Waals surface area contributed by atoms with Gasteiger partial charge in [0.15, 0.2) is 0 Å². The van der Waals surface area contributed by atoms with Crippen molar-refractivity contribution < 1.29 is 4.79 Å². The number of aryl methyl sites for hydroxylation is 1. The Kier molecular flexibility index (Phi) is 5.21. The Morgan fingerprint density at radius 3 is 2.36 bits per heavy atom. The Hall–Kier alpha value is -1.78. The molecule has 1 atom stereocenters. The van der Waals surface area contributed by atoms with Crippen molar-refractivity contribution in [1.29, 1.82) is 0 Å². The molecular formula is C20H26ClN3O. The molecule has 4 nitrogen and oxygen atoms in total. The highest BCUT2D eigenvalue weighted by Gasteiger charge is 2.27. The van der Waals surface area contributed by atoms with E-state index < -0.39 is 0 Å². The smallest absolute Gasteiger partial charge is 0.255 e. The van der Waals surface area contributed by atoms with Crippen LogP contribution in [0, 0.1) is 19.8 Å². The lowest BCUT2D eigenvalue weighted by Crippen LogP contribution is -2.42. The molecule has 1 saturated heterocycles. The summed E-state index contributed by atoms with van der Waals surface area (Å²) in [5, 5.41) is 0.708. The SMILES string of the molecule is Cc1cc(C(=O)N2CCC(C(C)N)CC2)c(C)n1-c1ccc(Cl)cc1. The maximum Gasteiger partial charge on any atom is 0.255 e. The van der Waals surface area contributed by atoms with E-state index in [4.69, 9.17) is 17.3 Å². The summed E-state index contributed by atoms with van der Waals surface area (Å²) < 4.78 is 2.11. The summed E-state index contributed by atoms with van der Waals surface area (Å²) in [6.07, 6.45) is 1.97. The van der Waals surface area contributed by atoms with Crippen LogP contribution in [0.1, 0.15) is 41.5 Å². The van der Waals surface area contributed by atoms with Crippen molar-refractivity contribution in [1.82, 2.24) is 9.47 Å². The average molecular weight is 360 g/mol. The standard InChI is InChI=1S/C20H26ClN3O/c1-13-12-19(15(3)24(13)18-6-4-17(21)5-7-18)20(25)23-10-8-16(9-11-23)14(2)22/h4-7,12,14,16H,8-11,22H2,1-3H3. The molecule has 3 rings (SSSR count). The topological polar surface area (TPSA) is 51.3 Å². The highest BCUT2D eigenvalue weighted by atomic mass is 35.5. The molecule has 2 aromatic rings. The van der Waals surface area contributed by atoms with Crippen LogP contribution in [-0.2, 0) is 0 Å². The number of piperidine rings is 1. The number of halogens is 1. The number of benzene rings is 1. The number of carbonyl (C=O) groups excluding carboxylic acids is 1. The van der Waals surface area contributed by atoms with Crippen molar-refractivity contribution in [3.8, 4) is 5.69 Å². The van der Waals surface area contributed by atoms with Gasteiger partial charge in [-0.3, -0.25) is 4.79 Å². The molecule has 0 spiro atoms. The quantitative estimate of drug-likeness (QED) is 0.902. The van der Waals surface area contributed by atoms with Crippen LogP contribution in [0.15, 0.2) is 30.3 Å². The van der Waals surface area contributed by atoms with Gasteiger partial charge in [0, 0.05) is 41.2 Å². The van der Waals surface area contributed by atoms with Gasteiger partial charge in [-0.25, -0.2) is 0 Å². The van der Waals surface area contributed by atoms with Crippen molar-refractivity contribution in [2.24, 2.45) is 11.7 Å². The van der Waals surface area contributed by atoms with Gasteiger partial charge in [0.1, 0.15) is 0 Å². The van der Waals surface area contributed by atoms with Crippen molar-refractivity contribution in [3.63, 3.8) is 0 Å². The van der Waals surface area contributed by atoms with Gasteiger partial charge >= 0.3 is 0 Å². The summed E-state index contributed by atoms with van der Waals surface area (Å²) >= 11 is 5.99. The third-order valence-electron chi connectivity index (χ3n) is 5.32. The minimum atomic E-state index is 0.122. The number of carbonyl (C=O) groups is 1. The van der Waals surface area contributed by atoms with Crippen LogP contribution in [0.3, 0.4) is 0 Å². The average Bonchev–Trinajstić information content (AvgIpc) is 2.90. The Morgan fingerprint density at radius 1 is 1.20 bits per heavy atom. The summed E-state index contributed by atoms with van der Waals surface area (Å²) in [5.41, 5.74) is 9.83. The summed E-state index contributed by atoms with van der Waals surface area (Å²) in [6, 6.07) is 9.89. The predicted octanol–water partition coefficient (Wildman–Crippen LogP) is 3.95. The number of amides is 1. The molecular weight excluding hydrogens is 334 g/mol. The van der Waals surface area contributed by atoms with Gasteiger partial charge in [0.2, 0.25) is 0 Å². The van der Waals surface area contributed by atoms with Crippen LogP contribution < -0.4 is 5.73 Å². The van der Waals surface area contributed by atoms with E-state index in [1.807, 2.05) is 49.1 Å². The fourth-order valence-electron chi connectivity index (χ4n) is 3.77. The highest BCUT2D eigenvalue weighted by Crippen LogP contribution is 2.26. The van der Waals surface area contributed by atoms with Crippen LogP contribution in [0.4, 0.5) is 0 Å². The van der Waals surface area contributed by atoms with E-state index in [1.54, 1.807) is 0 Å². The summed E-state index contributed by atoms with van der Waals surface area (Å²) in [6.45, 7) is 7.66. The third-order valence-corrected chi connectivity index (χ3v) is 5.57. The van der Waals surface area contributed by atoms with Crippen LogP contribution in [0.5, 0.6) is 0 Å². The molecule has 0 bridgehead atoms. The van der Waals surface area contributed by atoms with Gasteiger partial charge < -0.3 is 15.2 Å².